The first-order valence-corrected chi connectivity index (χ1v) is 9.68. The Morgan fingerprint density at radius 2 is 1.88 bits per heavy atom. The quantitative estimate of drug-likeness (QED) is 0.492. The topological polar surface area (TPSA) is 34.1 Å². The third-order valence-corrected chi connectivity index (χ3v) is 4.67. The summed E-state index contributed by atoms with van der Waals surface area (Å²) in [5, 5.41) is 3.66. The molecule has 134 valence electrons. The van der Waals surface area contributed by atoms with Crippen molar-refractivity contribution in [3.05, 3.63) is 88.7 Å². The average Bonchev–Trinajstić information content (AvgIpc) is 2.67. The van der Waals surface area contributed by atoms with E-state index in [1.165, 1.54) is 5.56 Å². The first-order chi connectivity index (χ1) is 12.7. The summed E-state index contributed by atoms with van der Waals surface area (Å²) in [6.45, 7) is 2.67. The Hall–Kier alpha value is -2.33. The number of hydrogen-bond acceptors (Lipinski definition) is 3. The van der Waals surface area contributed by atoms with E-state index in [9.17, 15) is 0 Å². The van der Waals surface area contributed by atoms with Crippen LogP contribution in [0.3, 0.4) is 0 Å². The lowest BCUT2D eigenvalue weighted by Gasteiger charge is -2.21. The minimum atomic E-state index is 0.201. The first kappa shape index (κ1) is 18.5. The number of nitrogens with zero attached hydrogens (tertiary/aromatic N) is 1. The van der Waals surface area contributed by atoms with Gasteiger partial charge in [0.1, 0.15) is 5.75 Å². The molecule has 0 spiro atoms. The molecule has 0 bridgehead atoms. The van der Waals surface area contributed by atoms with Gasteiger partial charge in [0, 0.05) is 22.1 Å². The first-order valence-electron chi connectivity index (χ1n) is 8.89. The van der Waals surface area contributed by atoms with E-state index in [-0.39, 0.29) is 6.04 Å². The molecule has 0 radical (unpaired) electrons. The van der Waals surface area contributed by atoms with Gasteiger partial charge in [-0.3, -0.25) is 4.98 Å². The van der Waals surface area contributed by atoms with E-state index in [1.807, 2.05) is 37.4 Å². The highest BCUT2D eigenvalue weighted by Gasteiger charge is 2.13. The normalized spacial score (nSPS) is 11.8. The van der Waals surface area contributed by atoms with Gasteiger partial charge >= 0.3 is 0 Å². The van der Waals surface area contributed by atoms with Crippen molar-refractivity contribution in [3.8, 4) is 5.75 Å². The van der Waals surface area contributed by atoms with E-state index >= 15 is 0 Å². The molecule has 1 aromatic heterocycles. The lowest BCUT2D eigenvalue weighted by atomic mass is 10.0. The molecular weight excluding hydrogens is 388 g/mol. The zero-order valence-electron chi connectivity index (χ0n) is 14.9. The van der Waals surface area contributed by atoms with Crippen molar-refractivity contribution in [2.75, 3.05) is 11.9 Å². The molecule has 0 fully saturated rings. The molecule has 1 heterocycles. The van der Waals surface area contributed by atoms with Crippen LogP contribution in [0.4, 0.5) is 5.69 Å². The number of aromatic nitrogens is 1. The lowest BCUT2D eigenvalue weighted by Crippen LogP contribution is -2.12. The molecule has 3 rings (SSSR count). The second kappa shape index (κ2) is 9.39. The van der Waals surface area contributed by atoms with Crippen LogP contribution in [-0.2, 0) is 6.42 Å². The zero-order valence-corrected chi connectivity index (χ0v) is 16.4. The third kappa shape index (κ3) is 5.33. The SMILES string of the molecule is CCOc1ccc(N[C@H](CCc2ccccn2)c2cccc(Br)c2)cc1. The molecule has 3 nitrogen and oxygen atoms in total. The van der Waals surface area contributed by atoms with Crippen molar-refractivity contribution in [3.63, 3.8) is 0 Å². The minimum Gasteiger partial charge on any atom is -0.494 e. The molecule has 2 aromatic carbocycles. The maximum atomic E-state index is 5.53. The summed E-state index contributed by atoms with van der Waals surface area (Å²) in [4.78, 5) is 4.45. The summed E-state index contributed by atoms with van der Waals surface area (Å²) in [5.41, 5.74) is 3.45. The van der Waals surface area contributed by atoms with Crippen LogP contribution in [0.5, 0.6) is 5.75 Å². The molecule has 0 aliphatic heterocycles. The summed E-state index contributed by atoms with van der Waals surface area (Å²) >= 11 is 3.58. The van der Waals surface area contributed by atoms with Crippen LogP contribution in [0, 0.1) is 0 Å². The molecule has 0 aliphatic carbocycles. The molecule has 1 N–H and O–H groups in total. The maximum absolute atomic E-state index is 5.53. The van der Waals surface area contributed by atoms with Gasteiger partial charge in [0.25, 0.3) is 0 Å². The standard InChI is InChI=1S/C22H23BrN2O/c1-2-26-21-12-9-20(10-13-21)25-22(17-6-5-7-18(23)16-17)14-11-19-8-3-4-15-24-19/h3-10,12-13,15-16,22,25H,2,11,14H2,1H3/t22-/m1/s1. The molecule has 4 heteroatoms. The number of rotatable bonds is 8. The molecule has 0 amide bonds. The van der Waals surface area contributed by atoms with Crippen LogP contribution < -0.4 is 10.1 Å². The van der Waals surface area contributed by atoms with Gasteiger partial charge in [-0.05, 0) is 73.9 Å². The van der Waals surface area contributed by atoms with E-state index < -0.39 is 0 Å². The van der Waals surface area contributed by atoms with Crippen LogP contribution in [0.2, 0.25) is 0 Å². The van der Waals surface area contributed by atoms with Crippen molar-refractivity contribution in [1.29, 1.82) is 0 Å². The fraction of sp³-hybridized carbons (Fsp3) is 0.227. The van der Waals surface area contributed by atoms with Crippen LogP contribution in [0.25, 0.3) is 0 Å². The van der Waals surface area contributed by atoms with E-state index in [1.54, 1.807) is 0 Å². The summed E-state index contributed by atoms with van der Waals surface area (Å²) < 4.78 is 6.62. The van der Waals surface area contributed by atoms with Crippen LogP contribution in [0.1, 0.15) is 30.6 Å². The molecule has 26 heavy (non-hydrogen) atoms. The van der Waals surface area contributed by atoms with Gasteiger partial charge in [-0.1, -0.05) is 34.1 Å². The fourth-order valence-corrected chi connectivity index (χ4v) is 3.32. The smallest absolute Gasteiger partial charge is 0.119 e. The van der Waals surface area contributed by atoms with Crippen molar-refractivity contribution >= 4 is 21.6 Å². The van der Waals surface area contributed by atoms with Crippen molar-refractivity contribution in [2.24, 2.45) is 0 Å². The predicted molar refractivity (Wildman–Crippen MR) is 111 cm³/mol. The number of ether oxygens (including phenoxy) is 1. The van der Waals surface area contributed by atoms with E-state index in [4.69, 9.17) is 4.74 Å². The monoisotopic (exact) mass is 410 g/mol. The Bertz CT molecular complexity index is 806. The van der Waals surface area contributed by atoms with E-state index in [0.29, 0.717) is 6.61 Å². The summed E-state index contributed by atoms with van der Waals surface area (Å²) in [6.07, 6.45) is 3.73. The van der Waals surface area contributed by atoms with Gasteiger partial charge in [-0.15, -0.1) is 0 Å². The highest BCUT2D eigenvalue weighted by Crippen LogP contribution is 2.27. The Labute approximate surface area is 163 Å². The zero-order chi connectivity index (χ0) is 18.2. The van der Waals surface area contributed by atoms with E-state index in [0.717, 1.165) is 34.4 Å². The Morgan fingerprint density at radius 3 is 2.58 bits per heavy atom. The van der Waals surface area contributed by atoms with Crippen molar-refractivity contribution in [2.45, 2.75) is 25.8 Å². The number of halogens is 1. The summed E-state index contributed by atoms with van der Waals surface area (Å²) in [6, 6.07) is 22.9. The van der Waals surface area contributed by atoms with Gasteiger partial charge in [-0.25, -0.2) is 0 Å². The third-order valence-electron chi connectivity index (χ3n) is 4.17. The minimum absolute atomic E-state index is 0.201. The van der Waals surface area contributed by atoms with Gasteiger partial charge in [-0.2, -0.15) is 0 Å². The number of benzene rings is 2. The number of pyridine rings is 1. The fourth-order valence-electron chi connectivity index (χ4n) is 2.90. The summed E-state index contributed by atoms with van der Waals surface area (Å²) in [7, 11) is 0. The van der Waals surface area contributed by atoms with Crippen molar-refractivity contribution < 1.29 is 4.74 Å². The second-order valence-corrected chi connectivity index (χ2v) is 6.98. The van der Waals surface area contributed by atoms with Crippen LogP contribution >= 0.6 is 15.9 Å². The highest BCUT2D eigenvalue weighted by molar-refractivity contribution is 9.10. The Morgan fingerprint density at radius 1 is 1.04 bits per heavy atom. The molecule has 0 aliphatic rings. The summed E-state index contributed by atoms with van der Waals surface area (Å²) in [5.74, 6) is 0.894. The lowest BCUT2D eigenvalue weighted by molar-refractivity contribution is 0.340. The van der Waals surface area contributed by atoms with Crippen LogP contribution in [-0.4, -0.2) is 11.6 Å². The van der Waals surface area contributed by atoms with Gasteiger partial charge in [0.15, 0.2) is 0 Å². The molecule has 0 saturated carbocycles. The molecule has 1 atom stereocenters. The van der Waals surface area contributed by atoms with Gasteiger partial charge < -0.3 is 10.1 Å². The number of nitrogens with one attached hydrogen (secondary N) is 1. The molecule has 0 saturated heterocycles. The van der Waals surface area contributed by atoms with Crippen LogP contribution in [0.15, 0.2) is 77.4 Å². The number of aryl methyl sites for hydroxylation is 1. The predicted octanol–water partition coefficient (Wildman–Crippen LogP) is 6.03. The molecule has 3 aromatic rings. The van der Waals surface area contributed by atoms with Crippen molar-refractivity contribution in [1.82, 2.24) is 4.98 Å². The number of anilines is 1. The molecule has 0 unspecified atom stereocenters. The second-order valence-electron chi connectivity index (χ2n) is 6.07. The Kier molecular flexibility index (Phi) is 6.67. The average molecular weight is 411 g/mol. The molecular formula is C22H23BrN2O. The largest absolute Gasteiger partial charge is 0.494 e. The maximum Gasteiger partial charge on any atom is 0.119 e. The highest BCUT2D eigenvalue weighted by atomic mass is 79.9. The van der Waals surface area contributed by atoms with Gasteiger partial charge in [0.2, 0.25) is 0 Å². The van der Waals surface area contributed by atoms with E-state index in [2.05, 4.69) is 68.7 Å². The Balaban J connectivity index is 1.75. The van der Waals surface area contributed by atoms with Gasteiger partial charge in [0.05, 0.1) is 12.6 Å². The number of hydrogen-bond donors (Lipinski definition) is 1.